The second-order valence-corrected chi connectivity index (χ2v) is 5.21. The Bertz CT molecular complexity index is 488. The third-order valence-corrected chi connectivity index (χ3v) is 3.67. The highest BCUT2D eigenvalue weighted by atomic mass is 32.1. The standard InChI is InChI=1S/C14H17NO2S/c1-2-17-9-5-6-11(16)10-14-15-12-7-3-4-8-13(12)18-14/h3-4,7-8H,2,5-6,9-10H2,1H3. The summed E-state index contributed by atoms with van der Waals surface area (Å²) in [4.78, 5) is 16.2. The van der Waals surface area contributed by atoms with Gasteiger partial charge in [0.25, 0.3) is 0 Å². The number of hydrogen-bond donors (Lipinski definition) is 0. The zero-order chi connectivity index (χ0) is 12.8. The van der Waals surface area contributed by atoms with Gasteiger partial charge in [-0.15, -0.1) is 11.3 Å². The van der Waals surface area contributed by atoms with E-state index in [9.17, 15) is 4.79 Å². The lowest BCUT2D eigenvalue weighted by Gasteiger charge is -1.99. The number of para-hydroxylation sites is 1. The number of carbonyl (C=O) groups is 1. The largest absolute Gasteiger partial charge is 0.382 e. The molecule has 0 radical (unpaired) electrons. The first-order chi connectivity index (χ1) is 8.79. The van der Waals surface area contributed by atoms with E-state index >= 15 is 0 Å². The third-order valence-electron chi connectivity index (χ3n) is 2.63. The molecular formula is C14H17NO2S. The lowest BCUT2D eigenvalue weighted by molar-refractivity contribution is -0.118. The fourth-order valence-corrected chi connectivity index (χ4v) is 2.76. The summed E-state index contributed by atoms with van der Waals surface area (Å²) in [7, 11) is 0. The fraction of sp³-hybridized carbons (Fsp3) is 0.429. The molecule has 0 spiro atoms. The number of Topliss-reactive ketones (excluding diaryl/α,β-unsaturated/α-hetero) is 1. The van der Waals surface area contributed by atoms with Crippen molar-refractivity contribution in [3.05, 3.63) is 29.3 Å². The van der Waals surface area contributed by atoms with Crippen LogP contribution in [0.25, 0.3) is 10.2 Å². The average Bonchev–Trinajstić information content (AvgIpc) is 2.76. The Labute approximate surface area is 111 Å². The molecular weight excluding hydrogens is 246 g/mol. The topological polar surface area (TPSA) is 39.2 Å². The highest BCUT2D eigenvalue weighted by Gasteiger charge is 2.08. The van der Waals surface area contributed by atoms with Gasteiger partial charge in [0.1, 0.15) is 10.8 Å². The molecule has 0 N–H and O–H groups in total. The van der Waals surface area contributed by atoms with E-state index in [2.05, 4.69) is 4.98 Å². The monoisotopic (exact) mass is 263 g/mol. The summed E-state index contributed by atoms with van der Waals surface area (Å²) in [6, 6.07) is 7.98. The zero-order valence-corrected chi connectivity index (χ0v) is 11.3. The van der Waals surface area contributed by atoms with Crippen LogP contribution in [0.5, 0.6) is 0 Å². The summed E-state index contributed by atoms with van der Waals surface area (Å²) in [5.41, 5.74) is 0.986. The molecule has 0 aliphatic rings. The van der Waals surface area contributed by atoms with Crippen molar-refractivity contribution in [2.24, 2.45) is 0 Å². The molecule has 0 aliphatic heterocycles. The molecule has 0 unspecified atom stereocenters. The Morgan fingerprint density at radius 2 is 2.22 bits per heavy atom. The number of thiazole rings is 1. The maximum absolute atomic E-state index is 11.8. The number of carbonyl (C=O) groups excluding carboxylic acids is 1. The van der Waals surface area contributed by atoms with E-state index in [1.165, 1.54) is 0 Å². The number of fused-ring (bicyclic) bond motifs is 1. The first-order valence-electron chi connectivity index (χ1n) is 6.23. The molecule has 1 heterocycles. The van der Waals surface area contributed by atoms with E-state index in [-0.39, 0.29) is 5.78 Å². The van der Waals surface area contributed by atoms with Gasteiger partial charge in [0.05, 0.1) is 16.6 Å². The number of rotatable bonds is 7. The number of ether oxygens (including phenoxy) is 1. The number of hydrogen-bond acceptors (Lipinski definition) is 4. The van der Waals surface area contributed by atoms with E-state index in [0.717, 1.165) is 21.6 Å². The van der Waals surface area contributed by atoms with E-state index in [1.54, 1.807) is 11.3 Å². The molecule has 1 aromatic heterocycles. The number of ketones is 1. The highest BCUT2D eigenvalue weighted by Crippen LogP contribution is 2.22. The lowest BCUT2D eigenvalue weighted by Crippen LogP contribution is -2.04. The quantitative estimate of drug-likeness (QED) is 0.720. The Morgan fingerprint density at radius 3 is 3.00 bits per heavy atom. The normalized spacial score (nSPS) is 10.9. The van der Waals surface area contributed by atoms with Gasteiger partial charge in [-0.1, -0.05) is 12.1 Å². The van der Waals surface area contributed by atoms with Crippen molar-refractivity contribution < 1.29 is 9.53 Å². The molecule has 0 saturated heterocycles. The van der Waals surface area contributed by atoms with Crippen LogP contribution < -0.4 is 0 Å². The average molecular weight is 263 g/mol. The van der Waals surface area contributed by atoms with Crippen molar-refractivity contribution in [1.29, 1.82) is 0 Å². The number of benzene rings is 1. The predicted octanol–water partition coefficient (Wildman–Crippen LogP) is 3.22. The maximum Gasteiger partial charge on any atom is 0.139 e. The van der Waals surface area contributed by atoms with Crippen LogP contribution >= 0.6 is 11.3 Å². The Morgan fingerprint density at radius 1 is 1.39 bits per heavy atom. The van der Waals surface area contributed by atoms with E-state index < -0.39 is 0 Å². The number of nitrogens with zero attached hydrogens (tertiary/aromatic N) is 1. The van der Waals surface area contributed by atoms with Crippen molar-refractivity contribution >= 4 is 27.3 Å². The summed E-state index contributed by atoms with van der Waals surface area (Å²) in [6.45, 7) is 3.34. The number of aromatic nitrogens is 1. The minimum atomic E-state index is 0.244. The van der Waals surface area contributed by atoms with Gasteiger partial charge in [0.15, 0.2) is 0 Å². The van der Waals surface area contributed by atoms with Gasteiger partial charge in [0, 0.05) is 19.6 Å². The van der Waals surface area contributed by atoms with Gasteiger partial charge in [-0.3, -0.25) is 4.79 Å². The van der Waals surface area contributed by atoms with Crippen molar-refractivity contribution in [3.63, 3.8) is 0 Å². The molecule has 4 heteroatoms. The van der Waals surface area contributed by atoms with Gasteiger partial charge in [-0.25, -0.2) is 4.98 Å². The van der Waals surface area contributed by atoms with Gasteiger partial charge in [-0.05, 0) is 25.5 Å². The van der Waals surface area contributed by atoms with E-state index in [4.69, 9.17) is 4.74 Å². The summed E-state index contributed by atoms with van der Waals surface area (Å²) in [6.07, 6.45) is 1.83. The van der Waals surface area contributed by atoms with Crippen molar-refractivity contribution in [3.8, 4) is 0 Å². The minimum absolute atomic E-state index is 0.244. The van der Waals surface area contributed by atoms with Crippen LogP contribution in [0.4, 0.5) is 0 Å². The van der Waals surface area contributed by atoms with Crippen LogP contribution in [0.2, 0.25) is 0 Å². The Hall–Kier alpha value is -1.26. The minimum Gasteiger partial charge on any atom is -0.382 e. The first kappa shape index (κ1) is 13.2. The summed E-state index contributed by atoms with van der Waals surface area (Å²) < 4.78 is 6.36. The fourth-order valence-electron chi connectivity index (χ4n) is 1.77. The predicted molar refractivity (Wildman–Crippen MR) is 74.1 cm³/mol. The molecule has 2 aromatic rings. The molecule has 18 heavy (non-hydrogen) atoms. The summed E-state index contributed by atoms with van der Waals surface area (Å²) >= 11 is 1.61. The van der Waals surface area contributed by atoms with Crippen molar-refractivity contribution in [2.75, 3.05) is 13.2 Å². The lowest BCUT2D eigenvalue weighted by atomic mass is 10.2. The van der Waals surface area contributed by atoms with E-state index in [0.29, 0.717) is 26.1 Å². The Kier molecular flexibility index (Phi) is 4.84. The molecule has 1 aromatic carbocycles. The summed E-state index contributed by atoms with van der Waals surface area (Å²) in [5.74, 6) is 0.244. The van der Waals surface area contributed by atoms with E-state index in [1.807, 2.05) is 31.2 Å². The molecule has 96 valence electrons. The SMILES string of the molecule is CCOCCCC(=O)Cc1nc2ccccc2s1. The second kappa shape index (κ2) is 6.61. The molecule has 2 rings (SSSR count). The summed E-state index contributed by atoms with van der Waals surface area (Å²) in [5, 5.41) is 0.914. The Balaban J connectivity index is 1.86. The molecule has 0 bridgehead atoms. The second-order valence-electron chi connectivity index (χ2n) is 4.09. The van der Waals surface area contributed by atoms with Crippen LogP contribution in [0, 0.1) is 0 Å². The molecule has 0 saturated carbocycles. The van der Waals surface area contributed by atoms with Crippen LogP contribution in [-0.2, 0) is 16.0 Å². The van der Waals surface area contributed by atoms with Gasteiger partial charge in [-0.2, -0.15) is 0 Å². The van der Waals surface area contributed by atoms with Gasteiger partial charge in [0.2, 0.25) is 0 Å². The highest BCUT2D eigenvalue weighted by molar-refractivity contribution is 7.18. The maximum atomic E-state index is 11.8. The van der Waals surface area contributed by atoms with Crippen LogP contribution in [0.15, 0.2) is 24.3 Å². The molecule has 0 aliphatic carbocycles. The molecule has 0 fully saturated rings. The molecule has 3 nitrogen and oxygen atoms in total. The van der Waals surface area contributed by atoms with Crippen LogP contribution in [0.1, 0.15) is 24.8 Å². The van der Waals surface area contributed by atoms with Crippen molar-refractivity contribution in [1.82, 2.24) is 4.98 Å². The first-order valence-corrected chi connectivity index (χ1v) is 7.05. The zero-order valence-electron chi connectivity index (χ0n) is 10.5. The third kappa shape index (κ3) is 3.62. The van der Waals surface area contributed by atoms with Crippen LogP contribution in [-0.4, -0.2) is 24.0 Å². The molecule has 0 atom stereocenters. The molecule has 0 amide bonds. The van der Waals surface area contributed by atoms with Crippen LogP contribution in [0.3, 0.4) is 0 Å². The van der Waals surface area contributed by atoms with Crippen molar-refractivity contribution in [2.45, 2.75) is 26.2 Å². The van der Waals surface area contributed by atoms with Gasteiger partial charge < -0.3 is 4.74 Å². The smallest absolute Gasteiger partial charge is 0.139 e. The van der Waals surface area contributed by atoms with Gasteiger partial charge >= 0.3 is 0 Å².